The van der Waals surface area contributed by atoms with Crippen LogP contribution >= 0.6 is 0 Å². The topological polar surface area (TPSA) is 55.2 Å². The maximum atomic E-state index is 13.2. The Balaban J connectivity index is 2.12. The summed E-state index contributed by atoms with van der Waals surface area (Å²) in [7, 11) is 0. The molecule has 0 aromatic heterocycles. The van der Waals surface area contributed by atoms with Gasteiger partial charge in [-0.05, 0) is 36.8 Å². The second-order valence-electron chi connectivity index (χ2n) is 4.69. The van der Waals surface area contributed by atoms with Crippen molar-refractivity contribution in [2.75, 3.05) is 0 Å². The standard InChI is InChI=1S/C15H14F2N2O2/c1-10(11-3-2-4-13(16)7-11)18-9-12-8-14(17)5-6-15(12)19(20)21/h2-8,10,18H,9H2,1H3/t10-/m0/s1. The lowest BCUT2D eigenvalue weighted by Crippen LogP contribution is -2.19. The molecule has 0 aliphatic carbocycles. The molecule has 0 spiro atoms. The molecule has 1 N–H and O–H groups in total. The molecule has 0 heterocycles. The molecule has 2 rings (SSSR count). The van der Waals surface area contributed by atoms with Crippen LogP contribution in [0.25, 0.3) is 0 Å². The molecule has 0 unspecified atom stereocenters. The number of benzene rings is 2. The number of rotatable bonds is 5. The van der Waals surface area contributed by atoms with Gasteiger partial charge >= 0.3 is 0 Å². The molecule has 1 atom stereocenters. The number of nitro groups is 1. The van der Waals surface area contributed by atoms with Gasteiger partial charge in [0, 0.05) is 24.2 Å². The third-order valence-corrected chi connectivity index (χ3v) is 3.19. The molecule has 4 nitrogen and oxygen atoms in total. The van der Waals surface area contributed by atoms with E-state index in [1.165, 1.54) is 12.1 Å². The first kappa shape index (κ1) is 15.1. The van der Waals surface area contributed by atoms with Crippen LogP contribution in [0.15, 0.2) is 42.5 Å². The van der Waals surface area contributed by atoms with E-state index in [0.717, 1.165) is 18.2 Å². The van der Waals surface area contributed by atoms with Crippen LogP contribution in [0.3, 0.4) is 0 Å². The van der Waals surface area contributed by atoms with Crippen LogP contribution in [-0.4, -0.2) is 4.92 Å². The normalized spacial score (nSPS) is 12.1. The number of nitro benzene ring substituents is 1. The monoisotopic (exact) mass is 292 g/mol. The smallest absolute Gasteiger partial charge is 0.274 e. The molecule has 0 aliphatic rings. The van der Waals surface area contributed by atoms with Gasteiger partial charge in [0.15, 0.2) is 0 Å². The highest BCUT2D eigenvalue weighted by molar-refractivity contribution is 5.40. The SMILES string of the molecule is C[C@H](NCc1cc(F)ccc1[N+](=O)[O-])c1cccc(F)c1. The summed E-state index contributed by atoms with van der Waals surface area (Å²) in [6.45, 7) is 1.92. The molecule has 0 radical (unpaired) electrons. The number of halogens is 2. The van der Waals surface area contributed by atoms with Crippen molar-refractivity contribution < 1.29 is 13.7 Å². The fourth-order valence-corrected chi connectivity index (χ4v) is 2.03. The third kappa shape index (κ3) is 3.82. The van der Waals surface area contributed by atoms with Crippen molar-refractivity contribution in [1.82, 2.24) is 5.32 Å². The zero-order valence-electron chi connectivity index (χ0n) is 11.3. The molecule has 0 amide bonds. The molecule has 2 aromatic rings. The van der Waals surface area contributed by atoms with Crippen molar-refractivity contribution >= 4 is 5.69 Å². The maximum absolute atomic E-state index is 13.2. The van der Waals surface area contributed by atoms with Gasteiger partial charge in [0.25, 0.3) is 5.69 Å². The molecule has 0 bridgehead atoms. The van der Waals surface area contributed by atoms with Gasteiger partial charge in [0.05, 0.1) is 4.92 Å². The molecule has 0 fully saturated rings. The minimum atomic E-state index is -0.552. The highest BCUT2D eigenvalue weighted by atomic mass is 19.1. The second-order valence-corrected chi connectivity index (χ2v) is 4.69. The number of nitrogens with one attached hydrogen (secondary N) is 1. The van der Waals surface area contributed by atoms with Crippen LogP contribution in [0.5, 0.6) is 0 Å². The Kier molecular flexibility index (Phi) is 4.59. The van der Waals surface area contributed by atoms with E-state index in [-0.39, 0.29) is 29.7 Å². The fourth-order valence-electron chi connectivity index (χ4n) is 2.03. The van der Waals surface area contributed by atoms with Crippen LogP contribution in [-0.2, 0) is 6.54 Å². The average molecular weight is 292 g/mol. The Morgan fingerprint density at radius 1 is 1.19 bits per heavy atom. The Bertz CT molecular complexity index is 662. The lowest BCUT2D eigenvalue weighted by Gasteiger charge is -2.14. The molecule has 2 aromatic carbocycles. The van der Waals surface area contributed by atoms with Crippen molar-refractivity contribution in [2.24, 2.45) is 0 Å². The van der Waals surface area contributed by atoms with Gasteiger partial charge in [-0.3, -0.25) is 10.1 Å². The van der Waals surface area contributed by atoms with E-state index in [1.807, 2.05) is 0 Å². The van der Waals surface area contributed by atoms with Gasteiger partial charge in [-0.25, -0.2) is 8.78 Å². The Labute approximate surface area is 120 Å². The number of hydrogen-bond donors (Lipinski definition) is 1. The van der Waals surface area contributed by atoms with Crippen molar-refractivity contribution in [3.63, 3.8) is 0 Å². The summed E-state index contributed by atoms with van der Waals surface area (Å²) in [6, 6.07) is 9.17. The van der Waals surface area contributed by atoms with E-state index in [1.54, 1.807) is 19.1 Å². The highest BCUT2D eigenvalue weighted by Gasteiger charge is 2.15. The molecular formula is C15H14F2N2O2. The van der Waals surface area contributed by atoms with Crippen LogP contribution < -0.4 is 5.32 Å². The van der Waals surface area contributed by atoms with Crippen LogP contribution in [0.4, 0.5) is 14.5 Å². The van der Waals surface area contributed by atoms with Crippen molar-refractivity contribution in [3.05, 3.63) is 75.3 Å². The van der Waals surface area contributed by atoms with Gasteiger partial charge in [0.2, 0.25) is 0 Å². The Morgan fingerprint density at radius 2 is 1.90 bits per heavy atom. The van der Waals surface area contributed by atoms with Gasteiger partial charge in [-0.15, -0.1) is 0 Å². The van der Waals surface area contributed by atoms with Crippen LogP contribution in [0, 0.1) is 21.7 Å². The van der Waals surface area contributed by atoms with Gasteiger partial charge < -0.3 is 5.32 Å². The minimum absolute atomic E-state index is 0.117. The highest BCUT2D eigenvalue weighted by Crippen LogP contribution is 2.21. The zero-order chi connectivity index (χ0) is 15.4. The van der Waals surface area contributed by atoms with Gasteiger partial charge in [-0.1, -0.05) is 12.1 Å². The largest absolute Gasteiger partial charge is 0.306 e. The Morgan fingerprint density at radius 3 is 2.57 bits per heavy atom. The lowest BCUT2D eigenvalue weighted by molar-refractivity contribution is -0.385. The van der Waals surface area contributed by atoms with E-state index >= 15 is 0 Å². The van der Waals surface area contributed by atoms with E-state index in [4.69, 9.17) is 0 Å². The van der Waals surface area contributed by atoms with E-state index < -0.39 is 10.7 Å². The van der Waals surface area contributed by atoms with E-state index in [0.29, 0.717) is 5.56 Å². The summed E-state index contributed by atoms with van der Waals surface area (Å²) < 4.78 is 26.4. The summed E-state index contributed by atoms with van der Waals surface area (Å²) in [6.07, 6.45) is 0. The molecule has 110 valence electrons. The molecule has 21 heavy (non-hydrogen) atoms. The maximum Gasteiger partial charge on any atom is 0.274 e. The van der Waals surface area contributed by atoms with E-state index in [9.17, 15) is 18.9 Å². The summed E-state index contributed by atoms with van der Waals surface area (Å²) in [5, 5.41) is 13.9. The molecular weight excluding hydrogens is 278 g/mol. The summed E-state index contributed by atoms with van der Waals surface area (Å²) in [4.78, 5) is 10.3. The van der Waals surface area contributed by atoms with Gasteiger partial charge in [-0.2, -0.15) is 0 Å². The average Bonchev–Trinajstić information content (AvgIpc) is 2.44. The summed E-state index contributed by atoms with van der Waals surface area (Å²) in [5.74, 6) is -0.881. The quantitative estimate of drug-likeness (QED) is 0.675. The summed E-state index contributed by atoms with van der Waals surface area (Å²) >= 11 is 0. The first-order valence-corrected chi connectivity index (χ1v) is 6.39. The predicted molar refractivity (Wildman–Crippen MR) is 74.7 cm³/mol. The van der Waals surface area contributed by atoms with Crippen LogP contribution in [0.1, 0.15) is 24.1 Å². The van der Waals surface area contributed by atoms with Crippen molar-refractivity contribution in [3.8, 4) is 0 Å². The Hall–Kier alpha value is -2.34. The first-order chi connectivity index (χ1) is 9.97. The molecule has 6 heteroatoms. The van der Waals surface area contributed by atoms with Crippen molar-refractivity contribution in [2.45, 2.75) is 19.5 Å². The molecule has 0 saturated carbocycles. The minimum Gasteiger partial charge on any atom is -0.306 e. The summed E-state index contributed by atoms with van der Waals surface area (Å²) in [5.41, 5.74) is 0.827. The second kappa shape index (κ2) is 6.41. The predicted octanol–water partition coefficient (Wildman–Crippen LogP) is 3.72. The zero-order valence-corrected chi connectivity index (χ0v) is 11.3. The number of nitrogens with zero attached hydrogens (tertiary/aromatic N) is 1. The number of hydrogen-bond acceptors (Lipinski definition) is 3. The third-order valence-electron chi connectivity index (χ3n) is 3.19. The van der Waals surface area contributed by atoms with Crippen LogP contribution in [0.2, 0.25) is 0 Å². The fraction of sp³-hybridized carbons (Fsp3) is 0.200. The molecule has 0 aliphatic heterocycles. The molecule has 0 saturated heterocycles. The van der Waals surface area contributed by atoms with Crippen molar-refractivity contribution in [1.29, 1.82) is 0 Å². The van der Waals surface area contributed by atoms with E-state index in [2.05, 4.69) is 5.32 Å². The first-order valence-electron chi connectivity index (χ1n) is 6.39. The lowest BCUT2D eigenvalue weighted by atomic mass is 10.1. The van der Waals surface area contributed by atoms with Gasteiger partial charge in [0.1, 0.15) is 11.6 Å².